The fourth-order valence-corrected chi connectivity index (χ4v) is 2.67. The predicted molar refractivity (Wildman–Crippen MR) is 78.6 cm³/mol. The van der Waals surface area contributed by atoms with Crippen LogP contribution in [0.3, 0.4) is 0 Å². The lowest BCUT2D eigenvalue weighted by molar-refractivity contribution is -0.117. The molecule has 19 heavy (non-hydrogen) atoms. The summed E-state index contributed by atoms with van der Waals surface area (Å²) in [5.41, 5.74) is 0.753. The van der Waals surface area contributed by atoms with Gasteiger partial charge < -0.3 is 10.6 Å². The van der Waals surface area contributed by atoms with Crippen LogP contribution in [0.4, 0.5) is 5.69 Å². The first-order valence-electron chi connectivity index (χ1n) is 6.60. The number of carbonyl (C=O) groups excluding carboxylic acids is 1. The van der Waals surface area contributed by atoms with Crippen LogP contribution in [0.5, 0.6) is 0 Å². The molecule has 0 radical (unpaired) electrons. The number of benzene rings is 1. The molecule has 0 aromatic heterocycles. The molecule has 2 N–H and O–H groups in total. The largest absolute Gasteiger partial charge is 0.325 e. The van der Waals surface area contributed by atoms with Crippen LogP contribution in [0.1, 0.15) is 6.42 Å². The fourth-order valence-electron chi connectivity index (χ4n) is 2.48. The van der Waals surface area contributed by atoms with Crippen LogP contribution >= 0.6 is 11.6 Å². The molecule has 104 valence electrons. The minimum absolute atomic E-state index is 0.0207. The zero-order chi connectivity index (χ0) is 13.7. The fraction of sp³-hybridized carbons (Fsp3) is 0.500. The van der Waals surface area contributed by atoms with E-state index in [1.807, 2.05) is 19.2 Å². The van der Waals surface area contributed by atoms with E-state index in [0.29, 0.717) is 17.5 Å². The van der Waals surface area contributed by atoms with Crippen LogP contribution in [-0.2, 0) is 4.79 Å². The van der Waals surface area contributed by atoms with Crippen LogP contribution in [-0.4, -0.2) is 44.0 Å². The molecule has 0 bridgehead atoms. The van der Waals surface area contributed by atoms with E-state index in [1.54, 1.807) is 12.1 Å². The average molecular weight is 282 g/mol. The zero-order valence-electron chi connectivity index (χ0n) is 11.2. The molecule has 1 aromatic rings. The second-order valence-corrected chi connectivity index (χ2v) is 5.44. The number of hydrogen-bond acceptors (Lipinski definition) is 3. The van der Waals surface area contributed by atoms with Gasteiger partial charge in [-0.05, 0) is 50.7 Å². The number of anilines is 1. The van der Waals surface area contributed by atoms with Crippen molar-refractivity contribution in [1.29, 1.82) is 0 Å². The summed E-state index contributed by atoms with van der Waals surface area (Å²) in [4.78, 5) is 14.1. The van der Waals surface area contributed by atoms with E-state index in [-0.39, 0.29) is 5.91 Å². The Hall–Kier alpha value is -1.10. The minimum Gasteiger partial charge on any atom is -0.325 e. The lowest BCUT2D eigenvalue weighted by atomic mass is 10.1. The lowest BCUT2D eigenvalue weighted by Gasteiger charge is -2.15. The number of halogens is 1. The van der Waals surface area contributed by atoms with Crippen molar-refractivity contribution < 1.29 is 4.79 Å². The normalized spacial score (nSPS) is 19.6. The van der Waals surface area contributed by atoms with Gasteiger partial charge in [-0.25, -0.2) is 0 Å². The van der Waals surface area contributed by atoms with Gasteiger partial charge in [0.1, 0.15) is 0 Å². The summed E-state index contributed by atoms with van der Waals surface area (Å²) in [6.45, 7) is 3.46. The quantitative estimate of drug-likeness (QED) is 0.865. The molecular weight excluding hydrogens is 262 g/mol. The Morgan fingerprint density at radius 1 is 1.53 bits per heavy atom. The van der Waals surface area contributed by atoms with Gasteiger partial charge in [0.15, 0.2) is 0 Å². The number of amides is 1. The highest BCUT2D eigenvalue weighted by molar-refractivity contribution is 6.30. The van der Waals surface area contributed by atoms with Gasteiger partial charge in [0.2, 0.25) is 5.91 Å². The van der Waals surface area contributed by atoms with Crippen LogP contribution < -0.4 is 10.6 Å². The first-order valence-corrected chi connectivity index (χ1v) is 6.97. The maximum Gasteiger partial charge on any atom is 0.238 e. The molecule has 1 unspecified atom stereocenters. The van der Waals surface area contributed by atoms with Crippen molar-refractivity contribution >= 4 is 23.2 Å². The van der Waals surface area contributed by atoms with Crippen molar-refractivity contribution in [2.24, 2.45) is 5.92 Å². The van der Waals surface area contributed by atoms with Crippen LogP contribution in [0.15, 0.2) is 24.3 Å². The Labute approximate surface area is 119 Å². The van der Waals surface area contributed by atoms with E-state index in [9.17, 15) is 4.79 Å². The first-order chi connectivity index (χ1) is 9.17. The zero-order valence-corrected chi connectivity index (χ0v) is 11.9. The highest BCUT2D eigenvalue weighted by atomic mass is 35.5. The molecule has 4 nitrogen and oxygen atoms in total. The molecule has 1 aromatic carbocycles. The van der Waals surface area contributed by atoms with Crippen molar-refractivity contribution in [2.75, 3.05) is 38.5 Å². The lowest BCUT2D eigenvalue weighted by Crippen LogP contribution is -2.32. The summed E-state index contributed by atoms with van der Waals surface area (Å²) in [6, 6.07) is 7.22. The first kappa shape index (κ1) is 14.3. The van der Waals surface area contributed by atoms with E-state index in [0.717, 1.165) is 31.7 Å². The van der Waals surface area contributed by atoms with Gasteiger partial charge in [0, 0.05) is 17.3 Å². The molecule has 1 atom stereocenters. The van der Waals surface area contributed by atoms with Crippen molar-refractivity contribution in [3.05, 3.63) is 29.3 Å². The second-order valence-electron chi connectivity index (χ2n) is 5.01. The van der Waals surface area contributed by atoms with E-state index in [1.165, 1.54) is 0 Å². The SMILES string of the molecule is CNCC1CCN(CC(=O)Nc2cccc(Cl)c2)C1. The van der Waals surface area contributed by atoms with Gasteiger partial charge in [-0.3, -0.25) is 9.69 Å². The number of rotatable bonds is 5. The maximum absolute atomic E-state index is 11.9. The molecule has 1 aliphatic heterocycles. The minimum atomic E-state index is 0.0207. The van der Waals surface area contributed by atoms with Crippen molar-refractivity contribution in [2.45, 2.75) is 6.42 Å². The number of nitrogens with one attached hydrogen (secondary N) is 2. The summed E-state index contributed by atoms with van der Waals surface area (Å²) < 4.78 is 0. The Morgan fingerprint density at radius 2 is 2.37 bits per heavy atom. The summed E-state index contributed by atoms with van der Waals surface area (Å²) in [7, 11) is 1.97. The Bertz CT molecular complexity index is 438. The van der Waals surface area contributed by atoms with Crippen molar-refractivity contribution in [1.82, 2.24) is 10.2 Å². The molecule has 0 saturated carbocycles. The summed E-state index contributed by atoms with van der Waals surface area (Å²) in [6.07, 6.45) is 1.16. The van der Waals surface area contributed by atoms with Crippen LogP contribution in [0.25, 0.3) is 0 Å². The van der Waals surface area contributed by atoms with Gasteiger partial charge >= 0.3 is 0 Å². The molecule has 1 heterocycles. The molecular formula is C14H20ClN3O. The number of carbonyl (C=O) groups is 1. The summed E-state index contributed by atoms with van der Waals surface area (Å²) >= 11 is 5.88. The van der Waals surface area contributed by atoms with Crippen molar-refractivity contribution in [3.63, 3.8) is 0 Å². The van der Waals surface area contributed by atoms with Gasteiger partial charge in [-0.15, -0.1) is 0 Å². The third-order valence-electron chi connectivity index (χ3n) is 3.34. The molecule has 1 fully saturated rings. The summed E-state index contributed by atoms with van der Waals surface area (Å²) in [5.74, 6) is 0.677. The molecule has 0 spiro atoms. The molecule has 1 aliphatic rings. The molecule has 0 aliphatic carbocycles. The van der Waals surface area contributed by atoms with E-state index >= 15 is 0 Å². The topological polar surface area (TPSA) is 44.4 Å². The molecule has 1 saturated heterocycles. The smallest absolute Gasteiger partial charge is 0.238 e. The number of hydrogen-bond donors (Lipinski definition) is 2. The number of nitrogens with zero attached hydrogens (tertiary/aromatic N) is 1. The third kappa shape index (κ3) is 4.49. The monoisotopic (exact) mass is 281 g/mol. The second kappa shape index (κ2) is 6.89. The third-order valence-corrected chi connectivity index (χ3v) is 3.57. The standard InChI is InChI=1S/C14H20ClN3O/c1-16-8-11-5-6-18(9-11)10-14(19)17-13-4-2-3-12(15)7-13/h2-4,7,11,16H,5-6,8-10H2,1H3,(H,17,19). The van der Waals surface area contributed by atoms with E-state index in [4.69, 9.17) is 11.6 Å². The van der Waals surface area contributed by atoms with Crippen LogP contribution in [0, 0.1) is 5.92 Å². The maximum atomic E-state index is 11.9. The molecule has 5 heteroatoms. The average Bonchev–Trinajstić information content (AvgIpc) is 2.77. The van der Waals surface area contributed by atoms with E-state index < -0.39 is 0 Å². The predicted octanol–water partition coefficient (Wildman–Crippen LogP) is 1.82. The highest BCUT2D eigenvalue weighted by Gasteiger charge is 2.23. The van der Waals surface area contributed by atoms with Crippen molar-refractivity contribution in [3.8, 4) is 0 Å². The number of likely N-dealkylation sites (tertiary alicyclic amines) is 1. The summed E-state index contributed by atoms with van der Waals surface area (Å²) in [5, 5.41) is 6.70. The molecule has 1 amide bonds. The van der Waals surface area contributed by atoms with Gasteiger partial charge in [-0.2, -0.15) is 0 Å². The van der Waals surface area contributed by atoms with Gasteiger partial charge in [0.25, 0.3) is 0 Å². The van der Waals surface area contributed by atoms with E-state index in [2.05, 4.69) is 15.5 Å². The van der Waals surface area contributed by atoms with Crippen LogP contribution in [0.2, 0.25) is 5.02 Å². The Kier molecular flexibility index (Phi) is 5.19. The highest BCUT2D eigenvalue weighted by Crippen LogP contribution is 2.17. The van der Waals surface area contributed by atoms with Gasteiger partial charge in [-0.1, -0.05) is 17.7 Å². The molecule has 2 rings (SSSR count). The Balaban J connectivity index is 1.79. The Morgan fingerprint density at radius 3 is 3.11 bits per heavy atom. The van der Waals surface area contributed by atoms with Gasteiger partial charge in [0.05, 0.1) is 6.54 Å².